The summed E-state index contributed by atoms with van der Waals surface area (Å²) in [6.07, 6.45) is 1.77. The van der Waals surface area contributed by atoms with Gasteiger partial charge >= 0.3 is 0 Å². The first-order chi connectivity index (χ1) is 11.6. The van der Waals surface area contributed by atoms with Gasteiger partial charge in [0, 0.05) is 18.2 Å². The molecule has 3 aromatic rings. The molecule has 0 fully saturated rings. The zero-order valence-electron chi connectivity index (χ0n) is 13.1. The fourth-order valence-corrected chi connectivity index (χ4v) is 2.90. The third-order valence-electron chi connectivity index (χ3n) is 4.15. The molecule has 1 aliphatic heterocycles. The van der Waals surface area contributed by atoms with Gasteiger partial charge in [-0.25, -0.2) is 0 Å². The molecule has 2 aromatic carbocycles. The summed E-state index contributed by atoms with van der Waals surface area (Å²) < 4.78 is 1.76. The number of carbonyl (C=O) groups excluding carboxylic acids is 1. The third-order valence-corrected chi connectivity index (χ3v) is 4.15. The van der Waals surface area contributed by atoms with Crippen LogP contribution in [-0.4, -0.2) is 20.8 Å². The van der Waals surface area contributed by atoms with Crippen molar-refractivity contribution in [2.45, 2.75) is 6.54 Å². The van der Waals surface area contributed by atoms with Crippen LogP contribution in [0.2, 0.25) is 0 Å². The standard InChI is InChI=1S/C18H16N4O2/c1-21-17-13(10-19-21)11-22(16-5-3-2-4-15(16)20-17)18(24)12-6-8-14(23)9-7-12/h2-10,20,23H,11H2,1H3. The van der Waals surface area contributed by atoms with Crippen molar-refractivity contribution in [3.63, 3.8) is 0 Å². The van der Waals surface area contributed by atoms with Gasteiger partial charge in [0.25, 0.3) is 5.91 Å². The maximum Gasteiger partial charge on any atom is 0.258 e. The van der Waals surface area contributed by atoms with Crippen molar-refractivity contribution in [3.8, 4) is 5.75 Å². The average Bonchev–Trinajstić information content (AvgIpc) is 2.85. The number of benzene rings is 2. The minimum Gasteiger partial charge on any atom is -0.508 e. The van der Waals surface area contributed by atoms with E-state index in [2.05, 4.69) is 10.4 Å². The first-order valence-electron chi connectivity index (χ1n) is 7.61. The molecule has 0 saturated carbocycles. The molecule has 0 unspecified atom stereocenters. The molecule has 0 radical (unpaired) electrons. The third kappa shape index (κ3) is 2.28. The molecule has 24 heavy (non-hydrogen) atoms. The quantitative estimate of drug-likeness (QED) is 0.723. The molecule has 1 aliphatic rings. The Morgan fingerprint density at radius 3 is 2.71 bits per heavy atom. The Bertz CT molecular complexity index is 915. The molecule has 6 heteroatoms. The molecule has 2 N–H and O–H groups in total. The first kappa shape index (κ1) is 14.3. The summed E-state index contributed by atoms with van der Waals surface area (Å²) in [6, 6.07) is 14.0. The Kier molecular flexibility index (Phi) is 3.23. The second-order valence-electron chi connectivity index (χ2n) is 5.72. The molecule has 0 spiro atoms. The van der Waals surface area contributed by atoms with E-state index in [1.54, 1.807) is 27.9 Å². The lowest BCUT2D eigenvalue weighted by Gasteiger charge is -2.22. The molecule has 0 saturated heterocycles. The van der Waals surface area contributed by atoms with Gasteiger partial charge in [-0.05, 0) is 36.4 Å². The predicted molar refractivity (Wildman–Crippen MR) is 91.6 cm³/mol. The van der Waals surface area contributed by atoms with E-state index in [1.165, 1.54) is 12.1 Å². The van der Waals surface area contributed by atoms with E-state index in [0.717, 1.165) is 22.8 Å². The Morgan fingerprint density at radius 2 is 1.92 bits per heavy atom. The Balaban J connectivity index is 1.81. The van der Waals surface area contributed by atoms with E-state index in [4.69, 9.17) is 0 Å². The molecule has 1 amide bonds. The number of hydrogen-bond donors (Lipinski definition) is 2. The summed E-state index contributed by atoms with van der Waals surface area (Å²) in [6.45, 7) is 0.424. The predicted octanol–water partition coefficient (Wildman–Crippen LogP) is 3.03. The summed E-state index contributed by atoms with van der Waals surface area (Å²) in [7, 11) is 1.87. The summed E-state index contributed by atoms with van der Waals surface area (Å²) in [4.78, 5) is 14.8. The molecular formula is C18H16N4O2. The number of aryl methyl sites for hydroxylation is 1. The molecule has 0 atom stereocenters. The maximum atomic E-state index is 13.0. The fourth-order valence-electron chi connectivity index (χ4n) is 2.90. The van der Waals surface area contributed by atoms with Gasteiger partial charge < -0.3 is 15.3 Å². The number of phenolic OH excluding ortho intramolecular Hbond substituents is 1. The highest BCUT2D eigenvalue weighted by Gasteiger charge is 2.26. The normalized spacial score (nSPS) is 12.8. The van der Waals surface area contributed by atoms with Crippen LogP contribution in [0.5, 0.6) is 5.75 Å². The maximum absolute atomic E-state index is 13.0. The topological polar surface area (TPSA) is 70.4 Å². The number of amides is 1. The van der Waals surface area contributed by atoms with Crippen LogP contribution in [0.3, 0.4) is 0 Å². The van der Waals surface area contributed by atoms with Gasteiger partial charge in [-0.2, -0.15) is 5.10 Å². The summed E-state index contributed by atoms with van der Waals surface area (Å²) in [5, 5.41) is 17.1. The summed E-state index contributed by atoms with van der Waals surface area (Å²) in [5.74, 6) is 0.892. The van der Waals surface area contributed by atoms with Crippen molar-refractivity contribution in [1.82, 2.24) is 9.78 Å². The van der Waals surface area contributed by atoms with Crippen molar-refractivity contribution < 1.29 is 9.90 Å². The number of nitrogens with zero attached hydrogens (tertiary/aromatic N) is 3. The number of anilines is 3. The number of hydrogen-bond acceptors (Lipinski definition) is 4. The van der Waals surface area contributed by atoms with Gasteiger partial charge in [-0.3, -0.25) is 9.48 Å². The van der Waals surface area contributed by atoms with Gasteiger partial charge in [-0.15, -0.1) is 0 Å². The number of rotatable bonds is 1. The Labute approximate surface area is 139 Å². The molecule has 6 nitrogen and oxygen atoms in total. The van der Waals surface area contributed by atoms with Crippen molar-refractivity contribution in [1.29, 1.82) is 0 Å². The van der Waals surface area contributed by atoms with Gasteiger partial charge in [0.2, 0.25) is 0 Å². The highest BCUT2D eigenvalue weighted by Crippen LogP contribution is 2.36. The summed E-state index contributed by atoms with van der Waals surface area (Å²) >= 11 is 0. The molecule has 4 rings (SSSR count). The number of para-hydroxylation sites is 2. The molecule has 120 valence electrons. The van der Waals surface area contributed by atoms with Crippen LogP contribution in [0.25, 0.3) is 0 Å². The average molecular weight is 320 g/mol. The number of carbonyl (C=O) groups is 1. The largest absolute Gasteiger partial charge is 0.508 e. The monoisotopic (exact) mass is 320 g/mol. The number of nitrogens with one attached hydrogen (secondary N) is 1. The van der Waals surface area contributed by atoms with Crippen LogP contribution in [0.1, 0.15) is 15.9 Å². The van der Waals surface area contributed by atoms with Crippen LogP contribution in [0.4, 0.5) is 17.2 Å². The molecule has 2 heterocycles. The van der Waals surface area contributed by atoms with Crippen molar-refractivity contribution in [3.05, 3.63) is 65.9 Å². The fraction of sp³-hybridized carbons (Fsp3) is 0.111. The van der Waals surface area contributed by atoms with Crippen LogP contribution >= 0.6 is 0 Å². The summed E-state index contributed by atoms with van der Waals surface area (Å²) in [5.41, 5.74) is 3.13. The first-order valence-corrected chi connectivity index (χ1v) is 7.61. The van der Waals surface area contributed by atoms with Gasteiger partial charge in [0.1, 0.15) is 11.6 Å². The van der Waals surface area contributed by atoms with Crippen LogP contribution in [0.15, 0.2) is 54.7 Å². The van der Waals surface area contributed by atoms with Gasteiger partial charge in [-0.1, -0.05) is 12.1 Å². The lowest BCUT2D eigenvalue weighted by molar-refractivity contribution is 0.0985. The van der Waals surface area contributed by atoms with E-state index >= 15 is 0 Å². The zero-order chi connectivity index (χ0) is 16.7. The lowest BCUT2D eigenvalue weighted by atomic mass is 10.1. The number of phenols is 1. The van der Waals surface area contributed by atoms with E-state index in [0.29, 0.717) is 12.1 Å². The molecular weight excluding hydrogens is 304 g/mol. The SMILES string of the molecule is Cn1ncc2c1Nc1ccccc1N(C(=O)c1ccc(O)cc1)C2. The van der Waals surface area contributed by atoms with E-state index in [1.807, 2.05) is 31.3 Å². The number of aromatic nitrogens is 2. The Hall–Kier alpha value is -3.28. The number of aromatic hydroxyl groups is 1. The van der Waals surface area contributed by atoms with Crippen molar-refractivity contribution in [2.75, 3.05) is 10.2 Å². The highest BCUT2D eigenvalue weighted by molar-refractivity contribution is 6.08. The second kappa shape index (κ2) is 5.42. The van der Waals surface area contributed by atoms with Crippen LogP contribution in [0, 0.1) is 0 Å². The second-order valence-corrected chi connectivity index (χ2v) is 5.72. The van der Waals surface area contributed by atoms with E-state index in [9.17, 15) is 9.90 Å². The van der Waals surface area contributed by atoms with E-state index in [-0.39, 0.29) is 11.7 Å². The minimum atomic E-state index is -0.124. The van der Waals surface area contributed by atoms with Crippen LogP contribution < -0.4 is 10.2 Å². The molecule has 0 aliphatic carbocycles. The van der Waals surface area contributed by atoms with Gasteiger partial charge in [0.05, 0.1) is 24.1 Å². The number of fused-ring (bicyclic) bond motifs is 2. The van der Waals surface area contributed by atoms with Crippen molar-refractivity contribution >= 4 is 23.1 Å². The zero-order valence-corrected chi connectivity index (χ0v) is 13.1. The lowest BCUT2D eigenvalue weighted by Crippen LogP contribution is -2.29. The molecule has 0 bridgehead atoms. The molecule has 1 aromatic heterocycles. The smallest absolute Gasteiger partial charge is 0.258 e. The van der Waals surface area contributed by atoms with E-state index < -0.39 is 0 Å². The minimum absolute atomic E-state index is 0.124. The van der Waals surface area contributed by atoms with Crippen molar-refractivity contribution in [2.24, 2.45) is 7.05 Å². The Morgan fingerprint density at radius 1 is 1.17 bits per heavy atom. The highest BCUT2D eigenvalue weighted by atomic mass is 16.3. The van der Waals surface area contributed by atoms with Crippen LogP contribution in [-0.2, 0) is 13.6 Å². The van der Waals surface area contributed by atoms with Gasteiger partial charge in [0.15, 0.2) is 0 Å².